The monoisotopic (exact) mass is 346 g/mol. The predicted octanol–water partition coefficient (Wildman–Crippen LogP) is 1.08. The number of aromatic nitrogens is 3. The van der Waals surface area contributed by atoms with Crippen molar-refractivity contribution in [3.8, 4) is 5.75 Å². The number of methoxy groups -OCH3 is 1. The second-order valence-corrected chi connectivity index (χ2v) is 6.38. The van der Waals surface area contributed by atoms with Crippen LogP contribution >= 0.6 is 0 Å². The van der Waals surface area contributed by atoms with Gasteiger partial charge in [-0.1, -0.05) is 18.2 Å². The molecule has 3 rings (SSSR count). The Morgan fingerprint density at radius 3 is 3.08 bits per heavy atom. The Morgan fingerprint density at radius 1 is 1.40 bits per heavy atom. The summed E-state index contributed by atoms with van der Waals surface area (Å²) in [6, 6.07) is 8.04. The van der Waals surface area contributed by atoms with Crippen LogP contribution in [-0.4, -0.2) is 52.3 Å². The maximum absolute atomic E-state index is 10.1. The number of aliphatic hydroxyl groups is 1. The topological polar surface area (TPSA) is 81.4 Å². The third kappa shape index (κ3) is 4.78. The number of ether oxygens (including phenoxy) is 2. The van der Waals surface area contributed by atoms with Gasteiger partial charge in [-0.15, -0.1) is 0 Å². The van der Waals surface area contributed by atoms with Crippen LogP contribution in [0.25, 0.3) is 0 Å². The number of nitrogens with one attached hydrogen (secondary N) is 1. The van der Waals surface area contributed by atoms with Crippen molar-refractivity contribution >= 4 is 0 Å². The van der Waals surface area contributed by atoms with Gasteiger partial charge in [0.15, 0.2) is 0 Å². The molecular formula is C18H26N4O3. The molecule has 2 aromatic rings. The first kappa shape index (κ1) is 17.8. The Bertz CT molecular complexity index is 689. The second-order valence-electron chi connectivity index (χ2n) is 6.38. The van der Waals surface area contributed by atoms with Crippen molar-refractivity contribution in [1.29, 1.82) is 0 Å². The minimum absolute atomic E-state index is 0.283. The molecule has 2 atom stereocenters. The fourth-order valence-corrected chi connectivity index (χ4v) is 3.09. The van der Waals surface area contributed by atoms with Gasteiger partial charge in [0.2, 0.25) is 0 Å². The molecule has 0 aliphatic carbocycles. The number of fused-ring (bicyclic) bond motifs is 1. The summed E-state index contributed by atoms with van der Waals surface area (Å²) in [6.45, 7) is 3.92. The maximum Gasteiger partial charge on any atom is 0.147 e. The lowest BCUT2D eigenvalue weighted by molar-refractivity contribution is 0.0263. The van der Waals surface area contributed by atoms with Gasteiger partial charge in [0.1, 0.15) is 17.4 Å². The fourth-order valence-electron chi connectivity index (χ4n) is 3.09. The van der Waals surface area contributed by atoms with Crippen LogP contribution in [0.2, 0.25) is 0 Å². The van der Waals surface area contributed by atoms with Crippen LogP contribution in [0.3, 0.4) is 0 Å². The standard InChI is InChI=1S/C18H26N4O3/c1-13-20-18-8-7-15(10-22(18)21-13)19-9-16(23)12-25-11-14-5-3-4-6-17(14)24-2/h3-6,15-16,19,23H,7-12H2,1-2H3/t15-,16-/m0/s1. The molecule has 2 N–H and O–H groups in total. The molecule has 0 bridgehead atoms. The summed E-state index contributed by atoms with van der Waals surface area (Å²) in [5.41, 5.74) is 0.978. The van der Waals surface area contributed by atoms with Crippen molar-refractivity contribution in [3.63, 3.8) is 0 Å². The van der Waals surface area contributed by atoms with E-state index in [9.17, 15) is 5.11 Å². The van der Waals surface area contributed by atoms with Crippen LogP contribution in [0.1, 0.15) is 23.6 Å². The zero-order valence-electron chi connectivity index (χ0n) is 14.8. The number of nitrogens with zero attached hydrogens (tertiary/aromatic N) is 3. The number of hydrogen-bond donors (Lipinski definition) is 2. The first-order valence-corrected chi connectivity index (χ1v) is 8.67. The van der Waals surface area contributed by atoms with E-state index in [0.717, 1.165) is 42.3 Å². The number of hydrogen-bond acceptors (Lipinski definition) is 6. The van der Waals surface area contributed by atoms with Crippen molar-refractivity contribution in [2.45, 2.75) is 45.1 Å². The highest BCUT2D eigenvalue weighted by molar-refractivity contribution is 5.32. The van der Waals surface area contributed by atoms with E-state index < -0.39 is 6.10 Å². The van der Waals surface area contributed by atoms with Crippen molar-refractivity contribution < 1.29 is 14.6 Å². The lowest BCUT2D eigenvalue weighted by atomic mass is 10.1. The van der Waals surface area contributed by atoms with Gasteiger partial charge in [-0.3, -0.25) is 0 Å². The van der Waals surface area contributed by atoms with E-state index >= 15 is 0 Å². The molecule has 7 nitrogen and oxygen atoms in total. The van der Waals surface area contributed by atoms with Crippen LogP contribution in [0.5, 0.6) is 5.75 Å². The summed E-state index contributed by atoms with van der Waals surface area (Å²) < 4.78 is 12.9. The highest BCUT2D eigenvalue weighted by atomic mass is 16.5. The molecule has 25 heavy (non-hydrogen) atoms. The van der Waals surface area contributed by atoms with E-state index in [-0.39, 0.29) is 6.61 Å². The smallest absolute Gasteiger partial charge is 0.147 e. The molecule has 0 unspecified atom stereocenters. The van der Waals surface area contributed by atoms with Gasteiger partial charge in [0, 0.05) is 24.6 Å². The molecule has 7 heteroatoms. The van der Waals surface area contributed by atoms with Gasteiger partial charge in [-0.2, -0.15) is 5.10 Å². The van der Waals surface area contributed by atoms with Crippen LogP contribution in [0, 0.1) is 6.92 Å². The van der Waals surface area contributed by atoms with Gasteiger partial charge in [-0.25, -0.2) is 9.67 Å². The lowest BCUT2D eigenvalue weighted by Crippen LogP contribution is -2.42. The third-order valence-electron chi connectivity index (χ3n) is 4.37. The summed E-state index contributed by atoms with van der Waals surface area (Å²) in [4.78, 5) is 4.41. The van der Waals surface area contributed by atoms with Crippen molar-refractivity contribution in [3.05, 3.63) is 41.5 Å². The molecule has 0 spiro atoms. The molecule has 1 aromatic heterocycles. The normalized spacial score (nSPS) is 18.0. The van der Waals surface area contributed by atoms with E-state index in [1.54, 1.807) is 7.11 Å². The lowest BCUT2D eigenvalue weighted by Gasteiger charge is -2.24. The molecule has 0 radical (unpaired) electrons. The highest BCUT2D eigenvalue weighted by Gasteiger charge is 2.21. The average molecular weight is 346 g/mol. The molecule has 2 heterocycles. The van der Waals surface area contributed by atoms with Crippen LogP contribution < -0.4 is 10.1 Å². The quantitative estimate of drug-likeness (QED) is 0.744. The first-order chi connectivity index (χ1) is 12.2. The summed E-state index contributed by atoms with van der Waals surface area (Å²) in [6.07, 6.45) is 1.37. The Labute approximate surface area is 148 Å². The van der Waals surface area contributed by atoms with Crippen molar-refractivity contribution in [2.24, 2.45) is 0 Å². The molecular weight excluding hydrogens is 320 g/mol. The Morgan fingerprint density at radius 2 is 2.24 bits per heavy atom. The molecule has 0 saturated carbocycles. The Kier molecular flexibility index (Phi) is 6.01. The molecule has 136 valence electrons. The number of rotatable bonds is 8. The van der Waals surface area contributed by atoms with Crippen molar-refractivity contribution in [1.82, 2.24) is 20.1 Å². The molecule has 1 aliphatic rings. The molecule has 1 aliphatic heterocycles. The number of aliphatic hydroxyl groups excluding tert-OH is 1. The Balaban J connectivity index is 1.38. The summed E-state index contributed by atoms with van der Waals surface area (Å²) in [5, 5.41) is 17.9. The number of benzene rings is 1. The minimum atomic E-state index is -0.548. The number of para-hydroxylation sites is 1. The molecule has 0 amide bonds. The van der Waals surface area contributed by atoms with Crippen molar-refractivity contribution in [2.75, 3.05) is 20.3 Å². The van der Waals surface area contributed by atoms with Crippen LogP contribution in [0.4, 0.5) is 0 Å². The van der Waals surface area contributed by atoms with Gasteiger partial charge in [0.25, 0.3) is 0 Å². The van der Waals surface area contributed by atoms with Crippen LogP contribution in [0.15, 0.2) is 24.3 Å². The SMILES string of the molecule is COc1ccccc1COC[C@@H](O)CN[C@H]1CCc2nc(C)nn2C1. The molecule has 1 aromatic carbocycles. The Hall–Kier alpha value is -1.96. The van der Waals surface area contributed by atoms with E-state index in [1.807, 2.05) is 35.9 Å². The van der Waals surface area contributed by atoms with Crippen LogP contribution in [-0.2, 0) is 24.3 Å². The van der Waals surface area contributed by atoms with Gasteiger partial charge in [0.05, 0.1) is 33.0 Å². The zero-order valence-corrected chi connectivity index (χ0v) is 14.8. The second kappa shape index (κ2) is 8.42. The first-order valence-electron chi connectivity index (χ1n) is 8.67. The average Bonchev–Trinajstić information content (AvgIpc) is 2.99. The minimum Gasteiger partial charge on any atom is -0.496 e. The molecule has 0 saturated heterocycles. The number of aryl methyl sites for hydroxylation is 2. The summed E-state index contributed by atoms with van der Waals surface area (Å²) >= 11 is 0. The summed E-state index contributed by atoms with van der Waals surface area (Å²) in [7, 11) is 1.64. The van der Waals surface area contributed by atoms with Gasteiger partial charge in [-0.05, 0) is 19.4 Å². The predicted molar refractivity (Wildman–Crippen MR) is 93.5 cm³/mol. The largest absolute Gasteiger partial charge is 0.496 e. The van der Waals surface area contributed by atoms with E-state index in [4.69, 9.17) is 9.47 Å². The van der Waals surface area contributed by atoms with E-state index in [2.05, 4.69) is 15.4 Å². The molecule has 0 fully saturated rings. The zero-order chi connectivity index (χ0) is 17.6. The highest BCUT2D eigenvalue weighted by Crippen LogP contribution is 2.18. The fraction of sp³-hybridized carbons (Fsp3) is 0.556. The maximum atomic E-state index is 10.1. The van der Waals surface area contributed by atoms with Gasteiger partial charge < -0.3 is 19.9 Å². The van der Waals surface area contributed by atoms with Gasteiger partial charge >= 0.3 is 0 Å². The van der Waals surface area contributed by atoms with E-state index in [0.29, 0.717) is 19.2 Å². The third-order valence-corrected chi connectivity index (χ3v) is 4.37. The van der Waals surface area contributed by atoms with E-state index in [1.165, 1.54) is 0 Å². The summed E-state index contributed by atoms with van der Waals surface area (Å²) in [5.74, 6) is 2.67.